The monoisotopic (exact) mass is 400 g/mol. The van der Waals surface area contributed by atoms with Crippen molar-refractivity contribution in [1.82, 2.24) is 9.80 Å². The topological polar surface area (TPSA) is 120 Å². The smallest absolute Gasteiger partial charge is 0.269 e. The van der Waals surface area contributed by atoms with Crippen LogP contribution in [0.3, 0.4) is 0 Å². The molecule has 0 aliphatic carbocycles. The molecule has 0 aromatic heterocycles. The fourth-order valence-electron chi connectivity index (χ4n) is 4.05. The Hall–Kier alpha value is -2.70. The van der Waals surface area contributed by atoms with Gasteiger partial charge < -0.3 is 15.5 Å². The van der Waals surface area contributed by atoms with Gasteiger partial charge in [0, 0.05) is 50.5 Å². The minimum Gasteiger partial charge on any atom is -0.369 e. The molecule has 2 N–H and O–H groups in total. The minimum absolute atomic E-state index is 0.1000. The van der Waals surface area contributed by atoms with Crippen LogP contribution in [0, 0.1) is 21.4 Å². The molecule has 2 fully saturated rings. The van der Waals surface area contributed by atoms with Crippen molar-refractivity contribution in [1.29, 1.82) is 5.26 Å². The second-order valence-corrected chi connectivity index (χ2v) is 7.67. The van der Waals surface area contributed by atoms with Crippen LogP contribution in [0.1, 0.15) is 25.7 Å². The number of amides is 1. The van der Waals surface area contributed by atoms with Gasteiger partial charge in [-0.3, -0.25) is 19.8 Å². The van der Waals surface area contributed by atoms with Crippen LogP contribution in [0.5, 0.6) is 0 Å². The zero-order chi connectivity index (χ0) is 20.8. The maximum Gasteiger partial charge on any atom is 0.269 e. The lowest BCUT2D eigenvalue weighted by atomic mass is 10.1. The van der Waals surface area contributed by atoms with Gasteiger partial charge in [-0.2, -0.15) is 5.26 Å². The van der Waals surface area contributed by atoms with E-state index in [1.165, 1.54) is 12.1 Å². The Bertz CT molecular complexity index is 754. The van der Waals surface area contributed by atoms with Gasteiger partial charge in [0.1, 0.15) is 6.04 Å². The van der Waals surface area contributed by atoms with Crippen molar-refractivity contribution in [2.75, 3.05) is 44.2 Å². The molecule has 2 atom stereocenters. The highest BCUT2D eigenvalue weighted by molar-refractivity contribution is 5.82. The van der Waals surface area contributed by atoms with E-state index in [0.29, 0.717) is 13.0 Å². The molecule has 2 heterocycles. The number of piperazine rings is 1. The lowest BCUT2D eigenvalue weighted by molar-refractivity contribution is -0.384. The zero-order valence-electron chi connectivity index (χ0n) is 16.6. The van der Waals surface area contributed by atoms with Crippen LogP contribution in [0.25, 0.3) is 0 Å². The summed E-state index contributed by atoms with van der Waals surface area (Å²) in [5, 5.41) is 19.9. The van der Waals surface area contributed by atoms with Crippen LogP contribution in [-0.4, -0.2) is 72.0 Å². The van der Waals surface area contributed by atoms with E-state index in [1.54, 1.807) is 17.0 Å². The molecule has 29 heavy (non-hydrogen) atoms. The number of hydrogen-bond acceptors (Lipinski definition) is 7. The quantitative estimate of drug-likeness (QED) is 0.542. The molecule has 2 aliphatic rings. The van der Waals surface area contributed by atoms with Crippen molar-refractivity contribution in [3.63, 3.8) is 0 Å². The fourth-order valence-corrected chi connectivity index (χ4v) is 4.05. The second kappa shape index (κ2) is 9.67. The summed E-state index contributed by atoms with van der Waals surface area (Å²) in [6.45, 7) is 5.05. The first-order valence-corrected chi connectivity index (χ1v) is 10.2. The van der Waals surface area contributed by atoms with Gasteiger partial charge in [-0.05, 0) is 44.4 Å². The van der Waals surface area contributed by atoms with Crippen LogP contribution in [0.15, 0.2) is 24.3 Å². The number of hydrogen-bond donors (Lipinski definition) is 1. The molecule has 9 nitrogen and oxygen atoms in total. The Labute approximate surface area is 170 Å². The van der Waals surface area contributed by atoms with Gasteiger partial charge in [-0.25, -0.2) is 0 Å². The largest absolute Gasteiger partial charge is 0.369 e. The normalized spacial score (nSPS) is 21.0. The summed E-state index contributed by atoms with van der Waals surface area (Å²) in [5.41, 5.74) is 7.19. The number of carbonyl (C=O) groups is 1. The van der Waals surface area contributed by atoms with Crippen LogP contribution in [0.4, 0.5) is 11.4 Å². The van der Waals surface area contributed by atoms with E-state index in [9.17, 15) is 14.9 Å². The van der Waals surface area contributed by atoms with Crippen molar-refractivity contribution in [3.05, 3.63) is 34.4 Å². The van der Waals surface area contributed by atoms with Crippen molar-refractivity contribution >= 4 is 17.3 Å². The highest BCUT2D eigenvalue weighted by atomic mass is 16.6. The van der Waals surface area contributed by atoms with Gasteiger partial charge in [0.2, 0.25) is 5.91 Å². The Balaban J connectivity index is 1.38. The SMILES string of the molecule is N#C[C@@H]1CCCN1C(=O)[C@@H](N)CCCN1CCN(c2ccc([N+](=O)[O-])cc2)CC1. The molecule has 0 spiro atoms. The molecule has 0 unspecified atom stereocenters. The Morgan fingerprint density at radius 3 is 2.55 bits per heavy atom. The molecule has 9 heteroatoms. The third kappa shape index (κ3) is 5.22. The van der Waals surface area contributed by atoms with Crippen LogP contribution in [0.2, 0.25) is 0 Å². The van der Waals surface area contributed by atoms with Crippen LogP contribution in [-0.2, 0) is 4.79 Å². The highest BCUT2D eigenvalue weighted by Crippen LogP contribution is 2.21. The average molecular weight is 400 g/mol. The van der Waals surface area contributed by atoms with Gasteiger partial charge in [-0.15, -0.1) is 0 Å². The summed E-state index contributed by atoms with van der Waals surface area (Å²) in [4.78, 5) is 29.0. The molecule has 3 rings (SSSR count). The number of likely N-dealkylation sites (tertiary alicyclic amines) is 1. The number of nitro groups is 1. The number of anilines is 1. The molecule has 1 aromatic rings. The number of carbonyl (C=O) groups excluding carboxylic acids is 1. The maximum absolute atomic E-state index is 12.5. The number of rotatable bonds is 7. The van der Waals surface area contributed by atoms with Crippen LogP contribution < -0.4 is 10.6 Å². The van der Waals surface area contributed by atoms with Gasteiger partial charge >= 0.3 is 0 Å². The summed E-state index contributed by atoms with van der Waals surface area (Å²) >= 11 is 0. The molecule has 1 amide bonds. The predicted molar refractivity (Wildman–Crippen MR) is 109 cm³/mol. The third-order valence-electron chi connectivity index (χ3n) is 5.79. The second-order valence-electron chi connectivity index (χ2n) is 7.67. The molecule has 0 radical (unpaired) electrons. The van der Waals surface area contributed by atoms with E-state index < -0.39 is 6.04 Å². The zero-order valence-corrected chi connectivity index (χ0v) is 16.6. The number of benzene rings is 1. The first kappa shape index (κ1) is 21.0. The van der Waals surface area contributed by atoms with Gasteiger partial charge in [-0.1, -0.05) is 0 Å². The van der Waals surface area contributed by atoms with Crippen molar-refractivity contribution in [3.8, 4) is 6.07 Å². The van der Waals surface area contributed by atoms with Gasteiger partial charge in [0.25, 0.3) is 5.69 Å². The van der Waals surface area contributed by atoms with E-state index in [2.05, 4.69) is 15.9 Å². The van der Waals surface area contributed by atoms with E-state index >= 15 is 0 Å². The van der Waals surface area contributed by atoms with E-state index in [0.717, 1.165) is 57.7 Å². The Kier molecular flexibility index (Phi) is 7.01. The first-order chi connectivity index (χ1) is 14.0. The number of nitrogens with two attached hydrogens (primary N) is 1. The number of non-ortho nitro benzene ring substituents is 1. The van der Waals surface area contributed by atoms with Gasteiger partial charge in [0.15, 0.2) is 0 Å². The van der Waals surface area contributed by atoms with Crippen LogP contribution >= 0.6 is 0 Å². The summed E-state index contributed by atoms with van der Waals surface area (Å²) in [5.74, 6) is -0.1000. The molecule has 0 saturated carbocycles. The van der Waals surface area contributed by atoms with Gasteiger partial charge in [0.05, 0.1) is 17.0 Å². The molecule has 156 valence electrons. The molecule has 1 aromatic carbocycles. The molecular weight excluding hydrogens is 372 g/mol. The minimum atomic E-state index is -0.537. The summed E-state index contributed by atoms with van der Waals surface area (Å²) in [7, 11) is 0. The molecule has 0 bridgehead atoms. The van der Waals surface area contributed by atoms with E-state index in [1.807, 2.05) is 0 Å². The average Bonchev–Trinajstić information content (AvgIpc) is 3.22. The molecular formula is C20H28N6O3. The molecule has 2 aliphatic heterocycles. The van der Waals surface area contributed by atoms with E-state index in [4.69, 9.17) is 11.0 Å². The number of nitro benzene ring substituents is 1. The Morgan fingerprint density at radius 1 is 1.24 bits per heavy atom. The first-order valence-electron chi connectivity index (χ1n) is 10.2. The summed E-state index contributed by atoms with van der Waals surface area (Å²) in [6, 6.07) is 8.00. The standard InChI is InChI=1S/C20H28N6O3/c21-15-18-3-1-10-25(18)20(27)19(22)4-2-9-23-11-13-24(14-12-23)16-5-7-17(8-6-16)26(28)29/h5-8,18-19H,1-4,9-14,22H2/t18-,19-/m0/s1. The fraction of sp³-hybridized carbons (Fsp3) is 0.600. The van der Waals surface area contributed by atoms with Crippen molar-refractivity contribution in [2.45, 2.75) is 37.8 Å². The van der Waals surface area contributed by atoms with E-state index in [-0.39, 0.29) is 22.6 Å². The predicted octanol–water partition coefficient (Wildman–Crippen LogP) is 1.34. The number of nitriles is 1. The highest BCUT2D eigenvalue weighted by Gasteiger charge is 2.31. The molecule has 2 saturated heterocycles. The van der Waals surface area contributed by atoms with Crippen molar-refractivity contribution < 1.29 is 9.72 Å². The number of nitrogens with zero attached hydrogens (tertiary/aromatic N) is 5. The Morgan fingerprint density at radius 2 is 1.93 bits per heavy atom. The maximum atomic E-state index is 12.5. The van der Waals surface area contributed by atoms with Crippen molar-refractivity contribution in [2.24, 2.45) is 5.73 Å². The summed E-state index contributed by atoms with van der Waals surface area (Å²) < 4.78 is 0. The lowest BCUT2D eigenvalue weighted by Gasteiger charge is -2.36. The summed E-state index contributed by atoms with van der Waals surface area (Å²) in [6.07, 6.45) is 3.08. The third-order valence-corrected chi connectivity index (χ3v) is 5.79. The lowest BCUT2D eigenvalue weighted by Crippen LogP contribution is -2.48.